The van der Waals surface area contributed by atoms with Gasteiger partial charge in [0, 0.05) is 28.6 Å². The molecule has 0 saturated heterocycles. The van der Waals surface area contributed by atoms with Crippen LogP contribution in [0.25, 0.3) is 5.32 Å². The molecule has 0 fully saturated rings. The first kappa shape index (κ1) is 27.5. The summed E-state index contributed by atoms with van der Waals surface area (Å²) in [5.74, 6) is -1.22. The van der Waals surface area contributed by atoms with Gasteiger partial charge in [0.15, 0.2) is 0 Å². The van der Waals surface area contributed by atoms with Crippen LogP contribution in [0.1, 0.15) is 50.7 Å². The van der Waals surface area contributed by atoms with Gasteiger partial charge in [-0.1, -0.05) is 81.3 Å². The van der Waals surface area contributed by atoms with E-state index in [4.69, 9.17) is 5.11 Å². The summed E-state index contributed by atoms with van der Waals surface area (Å²) >= 11 is 0. The number of aliphatic carboxylic acids is 1. The van der Waals surface area contributed by atoms with Crippen LogP contribution in [0.4, 0.5) is 5.69 Å². The number of hydrogen-bond acceptors (Lipinski definition) is 4. The molecule has 0 bridgehead atoms. The number of carboxylic acids is 1. The molecule has 2 rings (SSSR count). The van der Waals surface area contributed by atoms with E-state index >= 15 is 0 Å². The zero-order valence-electron chi connectivity index (χ0n) is 18.8. The molecule has 0 aromatic heterocycles. The molecule has 6 nitrogen and oxygen atoms in total. The topological polar surface area (TPSA) is 84.1 Å². The van der Waals surface area contributed by atoms with Crippen molar-refractivity contribution in [3.05, 3.63) is 71.0 Å². The molecular formula is C25H32N3NiO3-. The molecule has 1 N–H and O–H groups in total. The quantitative estimate of drug-likeness (QED) is 0.321. The van der Waals surface area contributed by atoms with Crippen molar-refractivity contribution < 1.29 is 31.2 Å². The molecule has 0 spiro atoms. The number of carbonyl (C=O) groups excluding carboxylic acids is 1. The smallest absolute Gasteiger partial charge is 0.325 e. The minimum absolute atomic E-state index is 0. The zero-order valence-corrected chi connectivity index (χ0v) is 19.8. The number of nitrogens with zero attached hydrogens (tertiary/aromatic N) is 3. The van der Waals surface area contributed by atoms with Gasteiger partial charge in [-0.05, 0) is 31.5 Å². The molecule has 0 atom stereocenters. The van der Waals surface area contributed by atoms with Crippen molar-refractivity contribution in [3.63, 3.8) is 0 Å². The van der Waals surface area contributed by atoms with Crippen LogP contribution in [-0.2, 0) is 26.1 Å². The molecule has 32 heavy (non-hydrogen) atoms. The van der Waals surface area contributed by atoms with E-state index in [1.54, 1.807) is 6.07 Å². The van der Waals surface area contributed by atoms with Crippen molar-refractivity contribution in [1.29, 1.82) is 0 Å². The molecule has 2 aromatic rings. The summed E-state index contributed by atoms with van der Waals surface area (Å²) in [5, 5.41) is 13.5. The number of para-hydroxylation sites is 1. The van der Waals surface area contributed by atoms with Crippen molar-refractivity contribution >= 4 is 23.3 Å². The summed E-state index contributed by atoms with van der Waals surface area (Å²) < 4.78 is 0. The van der Waals surface area contributed by atoms with E-state index in [2.05, 4.69) is 29.1 Å². The van der Waals surface area contributed by atoms with Gasteiger partial charge in [0.1, 0.15) is 6.54 Å². The van der Waals surface area contributed by atoms with Crippen LogP contribution in [-0.4, -0.2) is 53.8 Å². The van der Waals surface area contributed by atoms with Crippen LogP contribution in [0.3, 0.4) is 0 Å². The number of carboxylic acid groups (broad SMARTS) is 1. The van der Waals surface area contributed by atoms with Gasteiger partial charge < -0.3 is 15.2 Å². The molecular weight excluding hydrogens is 449 g/mol. The Kier molecular flexibility index (Phi) is 13.2. The standard InChI is InChI=1S/C25H33N3O3.Ni/c1-3-5-16-28(17-6-4-2)19-23(29)27-22-15-11-10-14-21(22)25(26-18-24(30)31)20-12-8-7-9-13-20;/h7-15H,3-6,16-19H2,1-2H3,(H2,26,27,29,30,31);/p-1. The fraction of sp³-hybridized carbons (Fsp3) is 0.400. The molecule has 2 aromatic carbocycles. The molecule has 176 valence electrons. The fourth-order valence-corrected chi connectivity index (χ4v) is 3.24. The van der Waals surface area contributed by atoms with E-state index in [9.17, 15) is 9.59 Å². The van der Waals surface area contributed by atoms with Crippen molar-refractivity contribution in [3.8, 4) is 0 Å². The predicted molar refractivity (Wildman–Crippen MR) is 125 cm³/mol. The van der Waals surface area contributed by atoms with Gasteiger partial charge in [0.25, 0.3) is 0 Å². The molecule has 0 aliphatic carbocycles. The second-order valence-electron chi connectivity index (χ2n) is 7.43. The van der Waals surface area contributed by atoms with Gasteiger partial charge in [-0.15, -0.1) is 5.69 Å². The van der Waals surface area contributed by atoms with Gasteiger partial charge in [0.2, 0.25) is 0 Å². The third kappa shape index (κ3) is 9.33. The number of rotatable bonds is 13. The SMILES string of the molecule is CCCCN(CCCC)CC(=O)[N-]c1ccccc1C(=NCC(=O)O)c1ccccc1.[Ni]. The molecule has 0 heterocycles. The maximum atomic E-state index is 12.8. The molecule has 0 saturated carbocycles. The molecule has 0 aliphatic rings. The number of hydrogen-bond donors (Lipinski definition) is 1. The van der Waals surface area contributed by atoms with Gasteiger partial charge in [-0.3, -0.25) is 14.7 Å². The second-order valence-corrected chi connectivity index (χ2v) is 7.43. The van der Waals surface area contributed by atoms with Crippen LogP contribution < -0.4 is 0 Å². The Morgan fingerprint density at radius 1 is 0.938 bits per heavy atom. The maximum Gasteiger partial charge on any atom is 0.325 e. The summed E-state index contributed by atoms with van der Waals surface area (Å²) in [7, 11) is 0. The monoisotopic (exact) mass is 480 g/mol. The van der Waals surface area contributed by atoms with E-state index in [0.717, 1.165) is 44.3 Å². The summed E-state index contributed by atoms with van der Waals surface area (Å²) in [4.78, 5) is 30.4. The Morgan fingerprint density at radius 2 is 1.53 bits per heavy atom. The van der Waals surface area contributed by atoms with Crippen molar-refractivity contribution in [2.45, 2.75) is 39.5 Å². The first-order valence-corrected chi connectivity index (χ1v) is 10.9. The van der Waals surface area contributed by atoms with E-state index in [0.29, 0.717) is 17.0 Å². The van der Waals surface area contributed by atoms with Gasteiger partial charge >= 0.3 is 5.97 Å². The number of benzene rings is 2. The van der Waals surface area contributed by atoms with Crippen molar-refractivity contribution in [1.82, 2.24) is 4.90 Å². The largest absolute Gasteiger partial charge is 0.625 e. The molecule has 0 aliphatic heterocycles. The van der Waals surface area contributed by atoms with Crippen molar-refractivity contribution in [2.24, 2.45) is 4.99 Å². The van der Waals surface area contributed by atoms with E-state index in [1.807, 2.05) is 48.5 Å². The Labute approximate surface area is 201 Å². The number of carbonyl (C=O) groups is 2. The zero-order chi connectivity index (χ0) is 22.5. The number of amides is 1. The Bertz CT molecular complexity index is 864. The average molecular weight is 481 g/mol. The minimum atomic E-state index is -1.01. The Hall–Kier alpha value is -2.50. The number of unbranched alkanes of at least 4 members (excludes halogenated alkanes) is 2. The van der Waals surface area contributed by atoms with Gasteiger partial charge in [-0.25, -0.2) is 0 Å². The first-order chi connectivity index (χ1) is 15.0. The summed E-state index contributed by atoms with van der Waals surface area (Å²) in [6.45, 7) is 5.98. The van der Waals surface area contributed by atoms with Crippen molar-refractivity contribution in [2.75, 3.05) is 26.2 Å². The second kappa shape index (κ2) is 15.3. The van der Waals surface area contributed by atoms with Crippen LogP contribution in [0, 0.1) is 0 Å². The van der Waals surface area contributed by atoms with E-state index in [1.165, 1.54) is 0 Å². The van der Waals surface area contributed by atoms with Crippen LogP contribution in [0.5, 0.6) is 0 Å². The minimum Gasteiger partial charge on any atom is -0.625 e. The summed E-state index contributed by atoms with van der Waals surface area (Å²) in [6, 6.07) is 16.6. The van der Waals surface area contributed by atoms with Crippen LogP contribution >= 0.6 is 0 Å². The third-order valence-electron chi connectivity index (χ3n) is 4.84. The first-order valence-electron chi connectivity index (χ1n) is 10.9. The Balaban J connectivity index is 0.00000512. The number of aliphatic imine (C=N–C) groups is 1. The molecule has 7 heteroatoms. The third-order valence-corrected chi connectivity index (χ3v) is 4.84. The molecule has 0 unspecified atom stereocenters. The summed E-state index contributed by atoms with van der Waals surface area (Å²) in [6.07, 6.45) is 4.26. The van der Waals surface area contributed by atoms with Gasteiger partial charge in [0.05, 0.1) is 11.6 Å². The Morgan fingerprint density at radius 3 is 2.12 bits per heavy atom. The van der Waals surface area contributed by atoms with Crippen LogP contribution in [0.15, 0.2) is 59.6 Å². The predicted octanol–water partition coefficient (Wildman–Crippen LogP) is 5.04. The average Bonchev–Trinajstić information content (AvgIpc) is 2.77. The van der Waals surface area contributed by atoms with E-state index in [-0.39, 0.29) is 35.5 Å². The van der Waals surface area contributed by atoms with E-state index < -0.39 is 5.97 Å². The summed E-state index contributed by atoms with van der Waals surface area (Å²) in [5.41, 5.74) is 2.46. The van der Waals surface area contributed by atoms with Gasteiger partial charge in [-0.2, -0.15) is 0 Å². The fourth-order valence-electron chi connectivity index (χ4n) is 3.24. The normalized spacial score (nSPS) is 11.2. The van der Waals surface area contributed by atoms with Crippen LogP contribution in [0.2, 0.25) is 0 Å². The molecule has 0 radical (unpaired) electrons. The maximum absolute atomic E-state index is 12.8. The molecule has 1 amide bonds.